The van der Waals surface area contributed by atoms with Crippen LogP contribution in [0.5, 0.6) is 0 Å². The first-order chi connectivity index (χ1) is 12.1. The topological polar surface area (TPSA) is 50.5 Å². The van der Waals surface area contributed by atoms with Crippen LogP contribution in [0.25, 0.3) is 11.0 Å². The average molecular weight is 331 g/mol. The maximum absolute atomic E-state index is 13.1. The first kappa shape index (κ1) is 15.4. The van der Waals surface area contributed by atoms with Crippen LogP contribution >= 0.6 is 0 Å². The van der Waals surface area contributed by atoms with Crippen molar-refractivity contribution in [2.75, 3.05) is 6.54 Å². The minimum absolute atomic E-state index is 0.135. The van der Waals surface area contributed by atoms with Gasteiger partial charge in [0.05, 0.1) is 17.0 Å². The molecule has 1 atom stereocenters. The molecule has 0 fully saturated rings. The van der Waals surface area contributed by atoms with E-state index in [1.165, 1.54) is 0 Å². The molecule has 0 radical (unpaired) electrons. The van der Waals surface area contributed by atoms with Crippen LogP contribution in [-0.4, -0.2) is 17.4 Å². The molecular formula is C21H17NO3. The number of nitrogens with zero attached hydrogens (tertiary/aromatic N) is 1. The Balaban J connectivity index is 2.02. The van der Waals surface area contributed by atoms with Gasteiger partial charge in [-0.15, -0.1) is 6.58 Å². The van der Waals surface area contributed by atoms with Crippen LogP contribution in [-0.2, 0) is 0 Å². The van der Waals surface area contributed by atoms with E-state index in [0.717, 1.165) is 11.1 Å². The van der Waals surface area contributed by atoms with Crippen molar-refractivity contribution < 1.29 is 9.21 Å². The molecule has 2 aromatic carbocycles. The second-order valence-electron chi connectivity index (χ2n) is 6.23. The molecule has 0 aliphatic carbocycles. The van der Waals surface area contributed by atoms with E-state index in [4.69, 9.17) is 4.42 Å². The molecule has 1 aliphatic heterocycles. The number of hydrogen-bond acceptors (Lipinski definition) is 3. The highest BCUT2D eigenvalue weighted by atomic mass is 16.3. The number of para-hydroxylation sites is 1. The smallest absolute Gasteiger partial charge is 0.291 e. The summed E-state index contributed by atoms with van der Waals surface area (Å²) in [4.78, 5) is 27.6. The molecule has 124 valence electrons. The molecule has 0 N–H and O–H groups in total. The van der Waals surface area contributed by atoms with E-state index in [-0.39, 0.29) is 17.1 Å². The van der Waals surface area contributed by atoms with Gasteiger partial charge in [-0.25, -0.2) is 0 Å². The summed E-state index contributed by atoms with van der Waals surface area (Å²) in [5.74, 6) is -0.139. The van der Waals surface area contributed by atoms with Gasteiger partial charge in [0.15, 0.2) is 5.43 Å². The van der Waals surface area contributed by atoms with Crippen LogP contribution in [0.1, 0.15) is 33.3 Å². The summed E-state index contributed by atoms with van der Waals surface area (Å²) in [6, 6.07) is 14.4. The van der Waals surface area contributed by atoms with E-state index in [1.54, 1.807) is 35.2 Å². The van der Waals surface area contributed by atoms with E-state index in [1.807, 2.05) is 31.2 Å². The lowest BCUT2D eigenvalue weighted by molar-refractivity contribution is 0.0748. The molecule has 0 spiro atoms. The normalized spacial score (nSPS) is 16.3. The molecule has 0 unspecified atom stereocenters. The van der Waals surface area contributed by atoms with Gasteiger partial charge in [-0.05, 0) is 24.6 Å². The number of carbonyl (C=O) groups is 1. The number of rotatable bonds is 3. The zero-order chi connectivity index (χ0) is 17.6. The lowest BCUT2D eigenvalue weighted by atomic mass is 9.98. The summed E-state index contributed by atoms with van der Waals surface area (Å²) < 4.78 is 5.82. The molecule has 3 aromatic rings. The van der Waals surface area contributed by atoms with Crippen molar-refractivity contribution in [3.8, 4) is 0 Å². The van der Waals surface area contributed by atoms with Gasteiger partial charge in [0.2, 0.25) is 5.76 Å². The SMILES string of the molecule is C=CCN1C(=O)c2oc3ccccc3c(=O)c2[C@H]1c1ccc(C)cc1. The fourth-order valence-corrected chi connectivity index (χ4v) is 3.39. The third-order valence-electron chi connectivity index (χ3n) is 4.59. The number of amides is 1. The molecule has 4 nitrogen and oxygen atoms in total. The van der Waals surface area contributed by atoms with Crippen molar-refractivity contribution in [1.82, 2.24) is 4.90 Å². The molecule has 2 heterocycles. The number of aryl methyl sites for hydroxylation is 1. The number of benzene rings is 2. The van der Waals surface area contributed by atoms with Crippen molar-refractivity contribution in [3.05, 3.63) is 93.9 Å². The van der Waals surface area contributed by atoms with Crippen molar-refractivity contribution in [1.29, 1.82) is 0 Å². The van der Waals surface area contributed by atoms with E-state index < -0.39 is 6.04 Å². The van der Waals surface area contributed by atoms with Crippen LogP contribution in [0.15, 0.2) is 70.4 Å². The summed E-state index contributed by atoms with van der Waals surface area (Å²) in [6.45, 7) is 6.08. The first-order valence-corrected chi connectivity index (χ1v) is 8.16. The highest BCUT2D eigenvalue weighted by molar-refractivity contribution is 5.99. The van der Waals surface area contributed by atoms with Crippen LogP contribution in [0, 0.1) is 6.92 Å². The van der Waals surface area contributed by atoms with Crippen LogP contribution in [0.3, 0.4) is 0 Å². The Hall–Kier alpha value is -3.14. The molecule has 1 amide bonds. The molecule has 4 heteroatoms. The third-order valence-corrected chi connectivity index (χ3v) is 4.59. The van der Waals surface area contributed by atoms with E-state index in [0.29, 0.717) is 23.1 Å². The van der Waals surface area contributed by atoms with Gasteiger partial charge in [-0.3, -0.25) is 9.59 Å². The van der Waals surface area contributed by atoms with Gasteiger partial charge in [-0.2, -0.15) is 0 Å². The maximum Gasteiger partial charge on any atom is 0.291 e. The summed E-state index contributed by atoms with van der Waals surface area (Å²) in [7, 11) is 0. The minimum Gasteiger partial charge on any atom is -0.450 e. The second kappa shape index (κ2) is 5.74. The van der Waals surface area contributed by atoms with Crippen molar-refractivity contribution in [2.24, 2.45) is 0 Å². The molecule has 4 rings (SSSR count). The number of fused-ring (bicyclic) bond motifs is 2. The van der Waals surface area contributed by atoms with Crippen LogP contribution in [0.2, 0.25) is 0 Å². The largest absolute Gasteiger partial charge is 0.450 e. The number of carbonyl (C=O) groups excluding carboxylic acids is 1. The molecule has 0 bridgehead atoms. The zero-order valence-corrected chi connectivity index (χ0v) is 13.9. The molecule has 0 saturated carbocycles. The maximum atomic E-state index is 13.1. The lowest BCUT2D eigenvalue weighted by Crippen LogP contribution is -2.29. The van der Waals surface area contributed by atoms with Crippen LogP contribution < -0.4 is 5.43 Å². The monoisotopic (exact) mass is 331 g/mol. The van der Waals surface area contributed by atoms with E-state index in [2.05, 4.69) is 6.58 Å². The highest BCUT2D eigenvalue weighted by Crippen LogP contribution is 2.37. The van der Waals surface area contributed by atoms with Gasteiger partial charge in [0.25, 0.3) is 5.91 Å². The van der Waals surface area contributed by atoms with Crippen molar-refractivity contribution in [3.63, 3.8) is 0 Å². The summed E-state index contributed by atoms with van der Waals surface area (Å²) in [5.41, 5.74) is 2.70. The fraction of sp³-hybridized carbons (Fsp3) is 0.143. The Bertz CT molecular complexity index is 1050. The Labute approximate surface area is 145 Å². The van der Waals surface area contributed by atoms with Gasteiger partial charge in [-0.1, -0.05) is 48.0 Å². The Kier molecular flexibility index (Phi) is 3.53. The first-order valence-electron chi connectivity index (χ1n) is 8.16. The Morgan fingerprint density at radius 3 is 2.56 bits per heavy atom. The average Bonchev–Trinajstić information content (AvgIpc) is 2.89. The molecule has 0 saturated heterocycles. The second-order valence-corrected chi connectivity index (χ2v) is 6.23. The third kappa shape index (κ3) is 2.30. The quantitative estimate of drug-likeness (QED) is 0.685. The predicted octanol–water partition coefficient (Wildman–Crippen LogP) is 3.83. The van der Waals surface area contributed by atoms with Gasteiger partial charge < -0.3 is 9.32 Å². The zero-order valence-electron chi connectivity index (χ0n) is 13.9. The summed E-state index contributed by atoms with van der Waals surface area (Å²) >= 11 is 0. The fourth-order valence-electron chi connectivity index (χ4n) is 3.39. The standard InChI is InChI=1S/C21H17NO3/c1-3-12-22-18(14-10-8-13(2)9-11-14)17-19(23)15-6-4-5-7-16(15)25-20(17)21(22)24/h3-11,18H,1,12H2,2H3/t18-/m1/s1. The van der Waals surface area contributed by atoms with Gasteiger partial charge in [0.1, 0.15) is 5.58 Å². The summed E-state index contributed by atoms with van der Waals surface area (Å²) in [5, 5.41) is 0.492. The molecule has 1 aliphatic rings. The van der Waals surface area contributed by atoms with Gasteiger partial charge in [0, 0.05) is 6.54 Å². The minimum atomic E-state index is -0.457. The number of hydrogen-bond donors (Lipinski definition) is 0. The predicted molar refractivity (Wildman–Crippen MR) is 96.7 cm³/mol. The Morgan fingerprint density at radius 1 is 1.12 bits per heavy atom. The Morgan fingerprint density at radius 2 is 1.84 bits per heavy atom. The van der Waals surface area contributed by atoms with E-state index >= 15 is 0 Å². The van der Waals surface area contributed by atoms with Crippen LogP contribution in [0.4, 0.5) is 0 Å². The summed E-state index contributed by atoms with van der Waals surface area (Å²) in [6.07, 6.45) is 1.66. The van der Waals surface area contributed by atoms with Crippen molar-refractivity contribution >= 4 is 16.9 Å². The van der Waals surface area contributed by atoms with E-state index in [9.17, 15) is 9.59 Å². The van der Waals surface area contributed by atoms with Gasteiger partial charge >= 0.3 is 0 Å². The molecular weight excluding hydrogens is 314 g/mol. The highest BCUT2D eigenvalue weighted by Gasteiger charge is 2.42. The lowest BCUT2D eigenvalue weighted by Gasteiger charge is -2.23. The molecule has 25 heavy (non-hydrogen) atoms. The molecule has 1 aromatic heterocycles. The van der Waals surface area contributed by atoms with Crippen molar-refractivity contribution in [2.45, 2.75) is 13.0 Å².